The number of rotatable bonds is 3. The van der Waals surface area contributed by atoms with Crippen molar-refractivity contribution in [2.45, 2.75) is 32.2 Å². The second kappa shape index (κ2) is 5.47. The van der Waals surface area contributed by atoms with Gasteiger partial charge in [0.05, 0.1) is 11.4 Å². The normalized spacial score (nSPS) is 14.4. The molecule has 0 spiro atoms. The highest BCUT2D eigenvalue weighted by Crippen LogP contribution is 2.29. The zero-order chi connectivity index (χ0) is 13.2. The van der Waals surface area contributed by atoms with Crippen molar-refractivity contribution in [3.05, 3.63) is 39.8 Å². The van der Waals surface area contributed by atoms with Crippen LogP contribution in [0.15, 0.2) is 22.9 Å². The maximum absolute atomic E-state index is 4.57. The van der Waals surface area contributed by atoms with Crippen LogP contribution in [0.3, 0.4) is 0 Å². The minimum atomic E-state index is 0.797. The van der Waals surface area contributed by atoms with Gasteiger partial charge in [0, 0.05) is 12.1 Å². The predicted octanol–water partition coefficient (Wildman–Crippen LogP) is 3.44. The average Bonchev–Trinajstić information content (AvgIpc) is 2.80. The van der Waals surface area contributed by atoms with Crippen LogP contribution in [0.25, 0.3) is 11.3 Å². The summed E-state index contributed by atoms with van der Waals surface area (Å²) in [6, 6.07) is 6.79. The Morgan fingerprint density at radius 3 is 2.84 bits per heavy atom. The summed E-state index contributed by atoms with van der Waals surface area (Å²) in [5.74, 6) is 0. The first kappa shape index (κ1) is 12.9. The summed E-state index contributed by atoms with van der Waals surface area (Å²) in [7, 11) is 1.95. The van der Waals surface area contributed by atoms with Crippen molar-refractivity contribution in [1.29, 1.82) is 0 Å². The van der Waals surface area contributed by atoms with Gasteiger partial charge in [0.2, 0.25) is 0 Å². The van der Waals surface area contributed by atoms with Crippen LogP contribution in [0, 0.1) is 0 Å². The molecule has 2 aromatic rings. The van der Waals surface area contributed by atoms with Crippen LogP contribution in [0.2, 0.25) is 0 Å². The fourth-order valence-electron chi connectivity index (χ4n) is 2.80. The van der Waals surface area contributed by atoms with Gasteiger partial charge in [-0.05, 0) is 65.9 Å². The number of imidazole rings is 1. The molecule has 1 aromatic carbocycles. The number of aromatic nitrogens is 2. The minimum Gasteiger partial charge on any atom is -0.335 e. The van der Waals surface area contributed by atoms with E-state index in [2.05, 4.69) is 49.4 Å². The third-order valence-electron chi connectivity index (χ3n) is 3.73. The van der Waals surface area contributed by atoms with Gasteiger partial charge in [0.1, 0.15) is 0 Å². The lowest BCUT2D eigenvalue weighted by Gasteiger charge is -2.16. The topological polar surface area (TPSA) is 40.7 Å². The average molecular weight is 320 g/mol. The van der Waals surface area contributed by atoms with Gasteiger partial charge >= 0.3 is 0 Å². The van der Waals surface area contributed by atoms with E-state index in [0.29, 0.717) is 0 Å². The number of fused-ring (bicyclic) bond motifs is 1. The van der Waals surface area contributed by atoms with E-state index >= 15 is 0 Å². The molecule has 0 amide bonds. The van der Waals surface area contributed by atoms with Gasteiger partial charge in [-0.2, -0.15) is 0 Å². The molecule has 0 radical (unpaired) electrons. The Morgan fingerprint density at radius 2 is 2.05 bits per heavy atom. The lowest BCUT2D eigenvalue weighted by molar-refractivity contribution is 0.686. The highest BCUT2D eigenvalue weighted by atomic mass is 79.9. The molecule has 4 heteroatoms. The molecule has 0 bridgehead atoms. The maximum atomic E-state index is 4.57. The number of H-pyrrole nitrogens is 1. The van der Waals surface area contributed by atoms with Crippen LogP contribution in [0.1, 0.15) is 29.7 Å². The van der Waals surface area contributed by atoms with E-state index in [4.69, 9.17) is 0 Å². The first-order valence-electron chi connectivity index (χ1n) is 6.79. The largest absolute Gasteiger partial charge is 0.335 e. The van der Waals surface area contributed by atoms with Crippen molar-refractivity contribution in [2.75, 3.05) is 7.05 Å². The quantitative estimate of drug-likeness (QED) is 0.909. The smallest absolute Gasteiger partial charge is 0.175 e. The number of benzene rings is 1. The molecule has 0 unspecified atom stereocenters. The van der Waals surface area contributed by atoms with Gasteiger partial charge in [-0.15, -0.1) is 0 Å². The summed E-state index contributed by atoms with van der Waals surface area (Å²) in [6.07, 6.45) is 5.06. The summed E-state index contributed by atoms with van der Waals surface area (Å²) in [5.41, 5.74) is 6.41. The number of nitrogens with zero attached hydrogens (tertiary/aromatic N) is 1. The molecule has 1 aliphatic carbocycles. The van der Waals surface area contributed by atoms with Crippen molar-refractivity contribution in [1.82, 2.24) is 15.3 Å². The molecule has 19 heavy (non-hydrogen) atoms. The van der Waals surface area contributed by atoms with Gasteiger partial charge in [-0.3, -0.25) is 0 Å². The first-order chi connectivity index (χ1) is 9.28. The molecule has 0 saturated carbocycles. The second-order valence-electron chi connectivity index (χ2n) is 5.08. The van der Waals surface area contributed by atoms with Crippen LogP contribution in [-0.4, -0.2) is 17.0 Å². The van der Waals surface area contributed by atoms with Crippen LogP contribution in [-0.2, 0) is 19.4 Å². The van der Waals surface area contributed by atoms with E-state index in [-0.39, 0.29) is 0 Å². The Labute approximate surface area is 122 Å². The summed E-state index contributed by atoms with van der Waals surface area (Å²) in [6.45, 7) is 0.797. The van der Waals surface area contributed by atoms with Crippen LogP contribution < -0.4 is 5.32 Å². The van der Waals surface area contributed by atoms with Gasteiger partial charge < -0.3 is 10.3 Å². The molecule has 1 heterocycles. The monoisotopic (exact) mass is 319 g/mol. The van der Waals surface area contributed by atoms with E-state index in [1.165, 1.54) is 42.4 Å². The molecule has 0 aliphatic heterocycles. The molecular formula is C15H18BrN3. The Morgan fingerprint density at radius 1 is 1.26 bits per heavy atom. The molecule has 3 nitrogen and oxygen atoms in total. The van der Waals surface area contributed by atoms with Crippen molar-refractivity contribution < 1.29 is 0 Å². The van der Waals surface area contributed by atoms with Gasteiger partial charge in [-0.25, -0.2) is 4.98 Å². The van der Waals surface area contributed by atoms with Crippen molar-refractivity contribution in [3.8, 4) is 11.3 Å². The van der Waals surface area contributed by atoms with E-state index in [9.17, 15) is 0 Å². The Kier molecular flexibility index (Phi) is 3.71. The van der Waals surface area contributed by atoms with Crippen LogP contribution >= 0.6 is 15.9 Å². The highest BCUT2D eigenvalue weighted by Gasteiger charge is 2.14. The SMILES string of the molecule is CNCc1[nH]c(Br)nc1-c1ccc2c(c1)CCCC2. The van der Waals surface area contributed by atoms with Crippen molar-refractivity contribution in [2.24, 2.45) is 0 Å². The number of halogens is 1. The third kappa shape index (κ3) is 2.60. The third-order valence-corrected chi connectivity index (χ3v) is 4.10. The Balaban J connectivity index is 2.01. The zero-order valence-corrected chi connectivity index (χ0v) is 12.7. The standard InChI is InChI=1S/C15H18BrN3/c1-17-9-13-14(19-15(16)18-13)12-7-6-10-4-2-3-5-11(10)8-12/h6-8,17H,2-5,9H2,1H3,(H,18,19). The van der Waals surface area contributed by atoms with E-state index in [1.54, 1.807) is 0 Å². The summed E-state index contributed by atoms with van der Waals surface area (Å²) in [5, 5.41) is 3.18. The van der Waals surface area contributed by atoms with Crippen LogP contribution in [0.4, 0.5) is 0 Å². The number of aromatic amines is 1. The number of aryl methyl sites for hydroxylation is 2. The molecule has 3 rings (SSSR count). The van der Waals surface area contributed by atoms with Crippen molar-refractivity contribution >= 4 is 15.9 Å². The fourth-order valence-corrected chi connectivity index (χ4v) is 3.22. The molecule has 100 valence electrons. The summed E-state index contributed by atoms with van der Waals surface area (Å²) in [4.78, 5) is 7.84. The Bertz CT molecular complexity index is 589. The molecule has 0 atom stereocenters. The lowest BCUT2D eigenvalue weighted by Crippen LogP contribution is -2.07. The molecule has 1 aliphatic rings. The fraction of sp³-hybridized carbons (Fsp3) is 0.400. The molecule has 2 N–H and O–H groups in total. The number of hydrogen-bond donors (Lipinski definition) is 2. The van der Waals surface area contributed by atoms with Crippen molar-refractivity contribution in [3.63, 3.8) is 0 Å². The van der Waals surface area contributed by atoms with Gasteiger partial charge in [-0.1, -0.05) is 12.1 Å². The van der Waals surface area contributed by atoms with E-state index in [1.807, 2.05) is 7.05 Å². The summed E-state index contributed by atoms with van der Waals surface area (Å²) >= 11 is 3.43. The number of nitrogens with one attached hydrogen (secondary N) is 2. The predicted molar refractivity (Wildman–Crippen MR) is 81.1 cm³/mol. The molecule has 1 aromatic heterocycles. The van der Waals surface area contributed by atoms with E-state index in [0.717, 1.165) is 22.7 Å². The Hall–Kier alpha value is -1.13. The minimum absolute atomic E-state index is 0.797. The van der Waals surface area contributed by atoms with Gasteiger partial charge in [0.15, 0.2) is 4.73 Å². The molecule has 0 saturated heterocycles. The summed E-state index contributed by atoms with van der Waals surface area (Å²) < 4.78 is 0.797. The van der Waals surface area contributed by atoms with E-state index < -0.39 is 0 Å². The zero-order valence-electron chi connectivity index (χ0n) is 11.1. The molecular weight excluding hydrogens is 302 g/mol. The lowest BCUT2D eigenvalue weighted by atomic mass is 9.90. The van der Waals surface area contributed by atoms with Gasteiger partial charge in [0.25, 0.3) is 0 Å². The molecule has 0 fully saturated rings. The highest BCUT2D eigenvalue weighted by molar-refractivity contribution is 9.10. The maximum Gasteiger partial charge on any atom is 0.175 e. The first-order valence-corrected chi connectivity index (χ1v) is 7.58. The second-order valence-corrected chi connectivity index (χ2v) is 5.83. The number of hydrogen-bond acceptors (Lipinski definition) is 2. The van der Waals surface area contributed by atoms with Crippen LogP contribution in [0.5, 0.6) is 0 Å².